The second-order valence-corrected chi connectivity index (χ2v) is 31.2. The number of hydrogen-bond acceptors (Lipinski definition) is 2. The summed E-state index contributed by atoms with van der Waals surface area (Å²) in [5.74, 6) is 0. The van der Waals surface area contributed by atoms with E-state index in [-0.39, 0.29) is 32.6 Å². The molecular weight excluding hydrogens is 965 g/mol. The highest BCUT2D eigenvalue weighted by molar-refractivity contribution is 8.00. The van der Waals surface area contributed by atoms with Gasteiger partial charge in [-0.25, -0.2) is 0 Å². The normalized spacial score (nSPS) is 19.2. The molecule has 0 bridgehead atoms. The number of rotatable bonds is 10. The van der Waals surface area contributed by atoms with E-state index < -0.39 is 75.4 Å². The van der Waals surface area contributed by atoms with Crippen molar-refractivity contribution in [2.45, 2.75) is 70.8 Å². The van der Waals surface area contributed by atoms with Crippen molar-refractivity contribution in [3.8, 4) is 0 Å². The van der Waals surface area contributed by atoms with Crippen molar-refractivity contribution in [2.75, 3.05) is 0 Å². The maximum absolute atomic E-state index is 9.95. The van der Waals surface area contributed by atoms with Gasteiger partial charge >= 0.3 is 0 Å². The van der Waals surface area contributed by atoms with Crippen molar-refractivity contribution in [2.24, 2.45) is 0 Å². The molecule has 0 aliphatic carbocycles. The van der Waals surface area contributed by atoms with Crippen LogP contribution in [-0.2, 0) is 10.8 Å². The Kier molecular flexibility index (Phi) is 7.93. The number of benzene rings is 10. The van der Waals surface area contributed by atoms with E-state index in [9.17, 15) is 24.7 Å². The standard InChI is InChI=1S/C68H60S2Si3/c1-67(2)57-39-19-21-43-61(57)69-65-59(67)41-25-45-63(65)72(49-27-11-7-12-28-49,50-29-13-8-14-30-50)55-37-23-35-53(47-55)71(5,6)54-36-24-38-56(48-54)73(51-31-15-9-16-32-51,52-33-17-10-18-34-52)64-46-26-42-60-66(64)70-62-44-22-20-40-58(62)68(60,3)4/h7-48H,1-6H3/i1D3,2D3,3D3,4D3,5D3,6D3. The van der Waals surface area contributed by atoms with E-state index in [0.717, 1.165) is 20.7 Å². The molecule has 0 fully saturated rings. The highest BCUT2D eigenvalue weighted by Gasteiger charge is 2.48. The smallest absolute Gasteiger partial charge is 0.0895 e. The molecule has 0 nitrogen and oxygen atoms in total. The Hall–Kier alpha value is -6.45. The van der Waals surface area contributed by atoms with Crippen LogP contribution in [0.15, 0.2) is 274 Å². The first kappa shape index (κ1) is 31.3. The van der Waals surface area contributed by atoms with Crippen molar-refractivity contribution in [1.29, 1.82) is 0 Å². The van der Waals surface area contributed by atoms with Gasteiger partial charge in [-0.3, -0.25) is 0 Å². The fraction of sp³-hybridized carbons (Fsp3) is 0.118. The highest BCUT2D eigenvalue weighted by atomic mass is 32.2. The molecule has 2 heterocycles. The van der Waals surface area contributed by atoms with Crippen LogP contribution < -0.4 is 51.9 Å². The van der Waals surface area contributed by atoms with E-state index >= 15 is 0 Å². The molecule has 10 aromatic carbocycles. The van der Waals surface area contributed by atoms with Crippen LogP contribution in [0.1, 0.15) is 74.3 Å². The van der Waals surface area contributed by atoms with E-state index in [1.807, 2.05) is 146 Å². The SMILES string of the molecule is [2H]C([2H])([2H])C1(C([2H])([2H])[2H])c2ccccc2Sc2c1cccc2[Si](c1ccccc1)(c1ccccc1)c1cccc([Si](c2cccc([Si](c3ccccc3)(c3ccccc3)c3cccc4c3Sc3ccccc3C4(C([2H])([2H])[2H])C([2H])([2H])[2H])c2)(C([2H])([2H])[2H])C([2H])([2H])[2H])c1. The molecule has 5 heteroatoms. The summed E-state index contributed by atoms with van der Waals surface area (Å²) in [6.07, 6.45) is 0. The summed E-state index contributed by atoms with van der Waals surface area (Å²) in [6, 6.07) is 75.9. The van der Waals surface area contributed by atoms with Crippen molar-refractivity contribution in [3.05, 3.63) is 277 Å². The summed E-state index contributed by atoms with van der Waals surface area (Å²) in [5, 5.41) is 5.54. The van der Waals surface area contributed by atoms with Gasteiger partial charge in [-0.05, 0) is 75.9 Å². The summed E-state index contributed by atoms with van der Waals surface area (Å²) in [7, 11) is -13.5. The molecule has 2 aliphatic rings. The summed E-state index contributed by atoms with van der Waals surface area (Å²) in [6.45, 7) is -18.9. The first-order valence-corrected chi connectivity index (χ1v) is 31.9. The number of hydrogen-bond donors (Lipinski definition) is 0. The van der Waals surface area contributed by atoms with Crippen LogP contribution in [0.25, 0.3) is 0 Å². The topological polar surface area (TPSA) is 0 Å². The lowest BCUT2D eigenvalue weighted by Gasteiger charge is -2.41. The molecule has 73 heavy (non-hydrogen) atoms. The van der Waals surface area contributed by atoms with E-state index in [0.29, 0.717) is 40.3 Å². The molecule has 0 N–H and O–H groups in total. The van der Waals surface area contributed by atoms with Gasteiger partial charge in [0, 0.05) is 55.1 Å². The van der Waals surface area contributed by atoms with Crippen molar-refractivity contribution >= 4 is 99.6 Å². The average molecular weight is 1040 g/mol. The Balaban J connectivity index is 1.19. The maximum Gasteiger partial charge on any atom is 0.180 e. The molecule has 12 rings (SSSR count). The molecule has 10 aromatic rings. The second-order valence-electron chi connectivity index (χ2n) is 18.9. The average Bonchev–Trinajstić information content (AvgIpc) is 0.693. The van der Waals surface area contributed by atoms with Crippen molar-refractivity contribution < 1.29 is 24.7 Å². The first-order chi connectivity index (χ1) is 43.0. The fourth-order valence-corrected chi connectivity index (χ4v) is 27.0. The van der Waals surface area contributed by atoms with Gasteiger partial charge in [-0.1, -0.05) is 317 Å². The molecule has 0 aromatic heterocycles. The van der Waals surface area contributed by atoms with Crippen LogP contribution in [-0.4, -0.2) is 24.2 Å². The third kappa shape index (κ3) is 7.53. The van der Waals surface area contributed by atoms with Crippen LogP contribution in [0.2, 0.25) is 13.0 Å². The van der Waals surface area contributed by atoms with Crippen LogP contribution in [0.3, 0.4) is 0 Å². The van der Waals surface area contributed by atoms with E-state index in [1.54, 1.807) is 109 Å². The van der Waals surface area contributed by atoms with Gasteiger partial charge in [-0.2, -0.15) is 0 Å². The number of fused-ring (bicyclic) bond motifs is 4. The van der Waals surface area contributed by atoms with Crippen LogP contribution in [0, 0.1) is 0 Å². The van der Waals surface area contributed by atoms with Gasteiger partial charge in [0.05, 0.1) is 0 Å². The van der Waals surface area contributed by atoms with Crippen molar-refractivity contribution in [1.82, 2.24) is 0 Å². The Morgan fingerprint density at radius 3 is 0.959 bits per heavy atom. The molecule has 0 amide bonds. The molecule has 2 aliphatic heterocycles. The van der Waals surface area contributed by atoms with Crippen LogP contribution >= 0.6 is 23.5 Å². The van der Waals surface area contributed by atoms with Gasteiger partial charge in [0.1, 0.15) is 8.07 Å². The second kappa shape index (κ2) is 18.5. The van der Waals surface area contributed by atoms with E-state index in [1.165, 1.54) is 23.5 Å². The monoisotopic (exact) mass is 1040 g/mol. The maximum atomic E-state index is 9.95. The van der Waals surface area contributed by atoms with Crippen molar-refractivity contribution in [3.63, 3.8) is 0 Å². The fourth-order valence-electron chi connectivity index (χ4n) is 11.5. The lowest BCUT2D eigenvalue weighted by Crippen LogP contribution is -2.76. The molecule has 0 saturated heterocycles. The Morgan fingerprint density at radius 1 is 0.301 bits per heavy atom. The minimum atomic E-state index is -5.34. The molecule has 0 spiro atoms. The zero-order valence-electron chi connectivity index (χ0n) is 57.6. The summed E-state index contributed by atoms with van der Waals surface area (Å²) in [4.78, 5) is 1.73. The quantitative estimate of drug-likeness (QED) is 0.0989. The van der Waals surface area contributed by atoms with Gasteiger partial charge in [0.15, 0.2) is 16.1 Å². The Labute approximate surface area is 470 Å². The highest BCUT2D eigenvalue weighted by Crippen LogP contribution is 2.50. The first-order valence-electron chi connectivity index (χ1n) is 33.2. The summed E-state index contributed by atoms with van der Waals surface area (Å²) >= 11 is 2.57. The van der Waals surface area contributed by atoms with Crippen LogP contribution in [0.5, 0.6) is 0 Å². The van der Waals surface area contributed by atoms with E-state index in [2.05, 4.69) is 0 Å². The predicted molar refractivity (Wildman–Crippen MR) is 322 cm³/mol. The molecule has 0 saturated carbocycles. The zero-order chi connectivity index (χ0) is 65.0. The molecular formula is C68H60S2Si3. The van der Waals surface area contributed by atoms with Crippen LogP contribution in [0.4, 0.5) is 0 Å². The van der Waals surface area contributed by atoms with Gasteiger partial charge in [0.25, 0.3) is 0 Å². The molecule has 0 unspecified atom stereocenters. The third-order valence-corrected chi connectivity index (χ3v) is 29.7. The minimum Gasteiger partial charge on any atom is -0.0895 e. The zero-order valence-corrected chi connectivity index (χ0v) is 44.2. The van der Waals surface area contributed by atoms with E-state index in [4.69, 9.17) is 0 Å². The molecule has 0 radical (unpaired) electrons. The Morgan fingerprint density at radius 2 is 0.603 bits per heavy atom. The third-order valence-electron chi connectivity index (χ3n) is 14.9. The Bertz CT molecular complexity index is 3970. The van der Waals surface area contributed by atoms with Gasteiger partial charge < -0.3 is 0 Å². The summed E-state index contributed by atoms with van der Waals surface area (Å²) < 4.78 is 171. The lowest BCUT2D eigenvalue weighted by molar-refractivity contribution is 0.608. The van der Waals surface area contributed by atoms with Gasteiger partial charge in [0.2, 0.25) is 0 Å². The summed E-state index contributed by atoms with van der Waals surface area (Å²) in [5.41, 5.74) is -4.54. The molecule has 356 valence electrons. The molecule has 0 atom stereocenters. The van der Waals surface area contributed by atoms with Gasteiger partial charge in [-0.15, -0.1) is 0 Å². The largest absolute Gasteiger partial charge is 0.180 e. The predicted octanol–water partition coefficient (Wildman–Crippen LogP) is 10.8. The minimum absolute atomic E-state index is 0.0593. The lowest BCUT2D eigenvalue weighted by atomic mass is 9.78.